The number of ether oxygens (including phenoxy) is 1. The third-order valence-corrected chi connectivity index (χ3v) is 4.43. The van der Waals surface area contributed by atoms with E-state index in [1.54, 1.807) is 0 Å². The van der Waals surface area contributed by atoms with Gasteiger partial charge in [0.25, 0.3) is 0 Å². The molecule has 0 aromatic heterocycles. The van der Waals surface area contributed by atoms with Gasteiger partial charge in [-0.05, 0) is 56.7 Å². The molecule has 0 amide bonds. The molecule has 1 aromatic rings. The smallest absolute Gasteiger partial charge is 0.123 e. The zero-order valence-corrected chi connectivity index (χ0v) is 14.5. The van der Waals surface area contributed by atoms with E-state index in [1.807, 2.05) is 26.8 Å². The molecule has 3 nitrogen and oxygen atoms in total. The van der Waals surface area contributed by atoms with Crippen molar-refractivity contribution in [3.8, 4) is 5.75 Å². The molecule has 0 saturated carbocycles. The van der Waals surface area contributed by atoms with Gasteiger partial charge in [0.1, 0.15) is 5.75 Å². The second-order valence-corrected chi connectivity index (χ2v) is 6.33. The van der Waals surface area contributed by atoms with Crippen LogP contribution >= 0.6 is 11.6 Å². The monoisotopic (exact) mass is 313 g/mol. The summed E-state index contributed by atoms with van der Waals surface area (Å²) >= 11 is 6.39. The van der Waals surface area contributed by atoms with Crippen LogP contribution in [0, 0.1) is 13.8 Å². The highest BCUT2D eigenvalue weighted by atomic mass is 35.5. The third kappa shape index (κ3) is 4.60. The van der Waals surface area contributed by atoms with Gasteiger partial charge in [0.05, 0.1) is 12.7 Å². The molecule has 21 heavy (non-hydrogen) atoms. The molecule has 1 rings (SSSR count). The Bertz CT molecular complexity index is 474. The van der Waals surface area contributed by atoms with Gasteiger partial charge in [0, 0.05) is 16.6 Å². The highest BCUT2D eigenvalue weighted by molar-refractivity contribution is 6.32. The Morgan fingerprint density at radius 1 is 1.33 bits per heavy atom. The highest BCUT2D eigenvalue weighted by Gasteiger charge is 2.22. The zero-order valence-electron chi connectivity index (χ0n) is 13.7. The number of hydrogen-bond donors (Lipinski definition) is 2. The summed E-state index contributed by atoms with van der Waals surface area (Å²) in [4.78, 5) is 0. The van der Waals surface area contributed by atoms with E-state index in [0.717, 1.165) is 33.9 Å². The van der Waals surface area contributed by atoms with Crippen molar-refractivity contribution in [3.63, 3.8) is 0 Å². The minimum atomic E-state index is -0.529. The molecule has 3 N–H and O–H groups in total. The maximum Gasteiger partial charge on any atom is 0.123 e. The van der Waals surface area contributed by atoms with Crippen molar-refractivity contribution in [2.75, 3.05) is 6.61 Å². The zero-order chi connectivity index (χ0) is 16.2. The molecule has 0 spiro atoms. The van der Waals surface area contributed by atoms with Crippen molar-refractivity contribution in [3.05, 3.63) is 27.8 Å². The van der Waals surface area contributed by atoms with Crippen LogP contribution < -0.4 is 10.5 Å². The van der Waals surface area contributed by atoms with E-state index in [4.69, 9.17) is 22.1 Å². The average molecular weight is 314 g/mol. The molecular formula is C17H28ClNO2. The topological polar surface area (TPSA) is 55.5 Å². The van der Waals surface area contributed by atoms with Gasteiger partial charge < -0.3 is 15.6 Å². The molecule has 0 radical (unpaired) electrons. The predicted octanol–water partition coefficient (Wildman–Crippen LogP) is 3.95. The van der Waals surface area contributed by atoms with Gasteiger partial charge in [0.2, 0.25) is 0 Å². The van der Waals surface area contributed by atoms with Gasteiger partial charge in [-0.1, -0.05) is 25.4 Å². The number of aliphatic hydroxyl groups excluding tert-OH is 1. The Labute approximate surface area is 133 Å². The summed E-state index contributed by atoms with van der Waals surface area (Å²) < 4.78 is 5.89. The summed E-state index contributed by atoms with van der Waals surface area (Å²) in [5.41, 5.74) is 8.90. The van der Waals surface area contributed by atoms with Crippen molar-refractivity contribution < 1.29 is 9.84 Å². The molecule has 4 heteroatoms. The molecule has 1 aromatic carbocycles. The minimum absolute atomic E-state index is 0.135. The Hall–Kier alpha value is -0.770. The van der Waals surface area contributed by atoms with Crippen molar-refractivity contribution in [2.24, 2.45) is 5.73 Å². The number of nitrogens with two attached hydrogens (primary N) is 1. The van der Waals surface area contributed by atoms with E-state index < -0.39 is 6.10 Å². The molecular weight excluding hydrogens is 286 g/mol. The van der Waals surface area contributed by atoms with Gasteiger partial charge in [-0.3, -0.25) is 0 Å². The molecule has 3 unspecified atom stereocenters. The van der Waals surface area contributed by atoms with E-state index in [1.165, 1.54) is 0 Å². The van der Waals surface area contributed by atoms with Crippen molar-refractivity contribution in [1.29, 1.82) is 0 Å². The van der Waals surface area contributed by atoms with Crippen LogP contribution in [0.4, 0.5) is 0 Å². The Morgan fingerprint density at radius 3 is 2.48 bits per heavy atom. The molecule has 0 heterocycles. The first-order valence-electron chi connectivity index (χ1n) is 7.65. The molecule has 0 bridgehead atoms. The number of rotatable bonds is 7. The first-order chi connectivity index (χ1) is 9.79. The lowest BCUT2D eigenvalue weighted by Gasteiger charge is -2.24. The van der Waals surface area contributed by atoms with Crippen molar-refractivity contribution in [1.82, 2.24) is 0 Å². The Kier molecular flexibility index (Phi) is 6.98. The normalized spacial score (nSPS) is 15.6. The summed E-state index contributed by atoms with van der Waals surface area (Å²) in [5, 5.41) is 10.8. The van der Waals surface area contributed by atoms with Crippen LogP contribution in [0.5, 0.6) is 5.75 Å². The van der Waals surface area contributed by atoms with Gasteiger partial charge in [-0.25, -0.2) is 0 Å². The first-order valence-corrected chi connectivity index (χ1v) is 8.03. The van der Waals surface area contributed by atoms with Gasteiger partial charge in [-0.15, -0.1) is 0 Å². The van der Waals surface area contributed by atoms with Crippen LogP contribution in [0.2, 0.25) is 5.02 Å². The highest BCUT2D eigenvalue weighted by Crippen LogP contribution is 2.38. The van der Waals surface area contributed by atoms with Crippen LogP contribution in [0.3, 0.4) is 0 Å². The van der Waals surface area contributed by atoms with E-state index in [9.17, 15) is 5.11 Å². The summed E-state index contributed by atoms with van der Waals surface area (Å²) in [6, 6.07) is 1.75. The van der Waals surface area contributed by atoms with Gasteiger partial charge in [0.15, 0.2) is 0 Å². The number of halogens is 1. The van der Waals surface area contributed by atoms with Crippen LogP contribution in [0.15, 0.2) is 6.07 Å². The minimum Gasteiger partial charge on any atom is -0.493 e. The number of hydrogen-bond acceptors (Lipinski definition) is 3. The lowest BCUT2D eigenvalue weighted by Crippen LogP contribution is -2.32. The fourth-order valence-electron chi connectivity index (χ4n) is 2.58. The summed E-state index contributed by atoms with van der Waals surface area (Å²) in [7, 11) is 0. The fourth-order valence-corrected chi connectivity index (χ4v) is 2.73. The van der Waals surface area contributed by atoms with Crippen LogP contribution in [0.1, 0.15) is 56.2 Å². The maximum absolute atomic E-state index is 10.0. The molecule has 0 saturated heterocycles. The molecule has 0 fully saturated rings. The van der Waals surface area contributed by atoms with Gasteiger partial charge >= 0.3 is 0 Å². The standard InChI is InChI=1S/C17H28ClNO2/c1-6-7-21-15-9-11(3)17(18)12(4)16(15)10(2)8-14(20)13(5)19/h9-10,13-14,20H,6-8,19H2,1-5H3. The fraction of sp³-hybridized carbons (Fsp3) is 0.647. The third-order valence-electron chi connectivity index (χ3n) is 3.85. The Balaban J connectivity index is 3.15. The predicted molar refractivity (Wildman–Crippen MR) is 89.4 cm³/mol. The molecule has 0 aliphatic carbocycles. The SMILES string of the molecule is CCCOc1cc(C)c(Cl)c(C)c1C(C)CC(O)C(C)N. The van der Waals surface area contributed by atoms with Crippen LogP contribution in [0.25, 0.3) is 0 Å². The van der Waals surface area contributed by atoms with Crippen molar-refractivity contribution in [2.45, 2.75) is 65.5 Å². The molecule has 0 aliphatic rings. The average Bonchev–Trinajstić information content (AvgIpc) is 2.42. The maximum atomic E-state index is 10.0. The second-order valence-electron chi connectivity index (χ2n) is 5.96. The quantitative estimate of drug-likeness (QED) is 0.801. The number of aryl methyl sites for hydroxylation is 1. The summed E-state index contributed by atoms with van der Waals surface area (Å²) in [6.45, 7) is 10.7. The summed E-state index contributed by atoms with van der Waals surface area (Å²) in [5.74, 6) is 1.01. The van der Waals surface area contributed by atoms with E-state index in [0.29, 0.717) is 13.0 Å². The summed E-state index contributed by atoms with van der Waals surface area (Å²) in [6.07, 6.45) is 1.02. The second kappa shape index (κ2) is 8.02. The van der Waals surface area contributed by atoms with Gasteiger partial charge in [-0.2, -0.15) is 0 Å². The lowest BCUT2D eigenvalue weighted by molar-refractivity contribution is 0.134. The molecule has 120 valence electrons. The molecule has 3 atom stereocenters. The first kappa shape index (κ1) is 18.3. The molecule has 0 aliphatic heterocycles. The lowest BCUT2D eigenvalue weighted by atomic mass is 9.88. The van der Waals surface area contributed by atoms with E-state index in [2.05, 4.69) is 13.8 Å². The van der Waals surface area contributed by atoms with E-state index in [-0.39, 0.29) is 12.0 Å². The van der Waals surface area contributed by atoms with Crippen LogP contribution in [-0.2, 0) is 0 Å². The Morgan fingerprint density at radius 2 is 1.95 bits per heavy atom. The number of benzene rings is 1. The van der Waals surface area contributed by atoms with Crippen LogP contribution in [-0.4, -0.2) is 23.9 Å². The van der Waals surface area contributed by atoms with Crippen molar-refractivity contribution >= 4 is 11.6 Å². The largest absolute Gasteiger partial charge is 0.493 e. The van der Waals surface area contributed by atoms with E-state index >= 15 is 0 Å². The number of aliphatic hydroxyl groups is 1.